The minimum atomic E-state index is -0.563. The lowest BCUT2D eigenvalue weighted by Gasteiger charge is -2.17. The number of Topliss-reactive ketones (excluding diaryl/α,β-unsaturated/α-hetero) is 1. The van der Waals surface area contributed by atoms with E-state index in [4.69, 9.17) is 5.11 Å². The molecule has 0 unspecified atom stereocenters. The van der Waals surface area contributed by atoms with Gasteiger partial charge in [0.1, 0.15) is 5.01 Å². The minimum absolute atomic E-state index is 0.0432. The van der Waals surface area contributed by atoms with Crippen molar-refractivity contribution in [3.8, 4) is 11.3 Å². The third-order valence-electron chi connectivity index (χ3n) is 4.65. The van der Waals surface area contributed by atoms with E-state index in [1.165, 1.54) is 11.3 Å². The molecule has 156 valence electrons. The molecule has 0 aliphatic rings. The Bertz CT molecular complexity index is 972. The topological polar surface area (TPSA) is 79.3 Å². The van der Waals surface area contributed by atoms with Crippen LogP contribution in [0.25, 0.3) is 11.3 Å². The number of ketones is 1. The zero-order valence-electron chi connectivity index (χ0n) is 16.7. The monoisotopic (exact) mass is 440 g/mol. The Labute approximate surface area is 184 Å². The number of thiazole rings is 1. The van der Waals surface area contributed by atoms with E-state index >= 15 is 0 Å². The number of thioether (sulfide) groups is 1. The first-order valence-corrected chi connectivity index (χ1v) is 11.9. The Kier molecular flexibility index (Phi) is 8.19. The maximum Gasteiger partial charge on any atom is 0.251 e. The average molecular weight is 441 g/mol. The summed E-state index contributed by atoms with van der Waals surface area (Å²) >= 11 is 3.10. The molecule has 1 amide bonds. The van der Waals surface area contributed by atoms with Gasteiger partial charge in [0.15, 0.2) is 5.78 Å². The van der Waals surface area contributed by atoms with Crippen molar-refractivity contribution < 1.29 is 14.7 Å². The van der Waals surface area contributed by atoms with Crippen LogP contribution in [-0.2, 0) is 17.8 Å². The SMILES string of the molecule is CSCC[C@H](NC(=O)c1ccc(CO)cc1)C(=O)Cc1nc(-c2ccccc2)cs1. The third kappa shape index (κ3) is 6.01. The number of aliphatic hydroxyl groups is 1. The molecule has 1 atom stereocenters. The minimum Gasteiger partial charge on any atom is -0.392 e. The highest BCUT2D eigenvalue weighted by atomic mass is 32.2. The Morgan fingerprint density at radius 1 is 1.13 bits per heavy atom. The van der Waals surface area contributed by atoms with E-state index in [0.29, 0.717) is 12.0 Å². The van der Waals surface area contributed by atoms with Crippen molar-refractivity contribution in [3.63, 3.8) is 0 Å². The van der Waals surface area contributed by atoms with Gasteiger partial charge in [0.05, 0.1) is 24.8 Å². The van der Waals surface area contributed by atoms with Gasteiger partial charge in [-0.2, -0.15) is 11.8 Å². The maximum atomic E-state index is 12.9. The van der Waals surface area contributed by atoms with Crippen molar-refractivity contribution in [1.29, 1.82) is 0 Å². The molecule has 0 saturated carbocycles. The summed E-state index contributed by atoms with van der Waals surface area (Å²) in [6.45, 7) is -0.0739. The Balaban J connectivity index is 1.67. The molecule has 3 aromatic rings. The normalized spacial score (nSPS) is 11.8. The van der Waals surface area contributed by atoms with Crippen molar-refractivity contribution in [1.82, 2.24) is 10.3 Å². The fraction of sp³-hybridized carbons (Fsp3) is 0.261. The van der Waals surface area contributed by atoms with Crippen LogP contribution in [0.1, 0.15) is 27.3 Å². The molecule has 0 aliphatic carbocycles. The van der Waals surface area contributed by atoms with Gasteiger partial charge >= 0.3 is 0 Å². The molecule has 0 spiro atoms. The lowest BCUT2D eigenvalue weighted by atomic mass is 10.1. The molecule has 0 aliphatic heterocycles. The average Bonchev–Trinajstić information content (AvgIpc) is 3.25. The van der Waals surface area contributed by atoms with Crippen molar-refractivity contribution in [2.75, 3.05) is 12.0 Å². The standard InChI is InChI=1S/C23H24N2O3S2/c1-29-12-11-19(25-23(28)18-9-7-16(14-26)8-10-18)21(27)13-22-24-20(15-30-22)17-5-3-2-4-6-17/h2-10,15,19,26H,11-14H2,1H3,(H,25,28)/t19-/m0/s1. The maximum absolute atomic E-state index is 12.9. The second-order valence-corrected chi connectivity index (χ2v) is 8.73. The van der Waals surface area contributed by atoms with Gasteiger partial charge in [-0.3, -0.25) is 9.59 Å². The number of carbonyl (C=O) groups excluding carboxylic acids is 2. The predicted molar refractivity (Wildman–Crippen MR) is 123 cm³/mol. The molecule has 1 aromatic heterocycles. The second kappa shape index (κ2) is 11.1. The summed E-state index contributed by atoms with van der Waals surface area (Å²) in [5.41, 5.74) is 3.08. The van der Waals surface area contributed by atoms with E-state index in [-0.39, 0.29) is 24.7 Å². The highest BCUT2D eigenvalue weighted by Gasteiger charge is 2.22. The largest absolute Gasteiger partial charge is 0.392 e. The lowest BCUT2D eigenvalue weighted by Crippen LogP contribution is -2.42. The molecule has 3 rings (SSSR count). The van der Waals surface area contributed by atoms with Gasteiger partial charge in [-0.15, -0.1) is 11.3 Å². The molecule has 2 N–H and O–H groups in total. The molecule has 0 radical (unpaired) electrons. The number of nitrogens with one attached hydrogen (secondary N) is 1. The molecular weight excluding hydrogens is 416 g/mol. The molecule has 30 heavy (non-hydrogen) atoms. The highest BCUT2D eigenvalue weighted by molar-refractivity contribution is 7.98. The van der Waals surface area contributed by atoms with Crippen LogP contribution in [0.15, 0.2) is 60.0 Å². The van der Waals surface area contributed by atoms with Crippen LogP contribution >= 0.6 is 23.1 Å². The van der Waals surface area contributed by atoms with Crippen LogP contribution in [0.3, 0.4) is 0 Å². The summed E-state index contributed by atoms with van der Waals surface area (Å²) in [6.07, 6.45) is 2.74. The summed E-state index contributed by atoms with van der Waals surface area (Å²) in [5.74, 6) is 0.439. The third-order valence-corrected chi connectivity index (χ3v) is 6.14. The van der Waals surface area contributed by atoms with Gasteiger partial charge in [-0.05, 0) is 36.1 Å². The number of nitrogens with zero attached hydrogens (tertiary/aromatic N) is 1. The van der Waals surface area contributed by atoms with Gasteiger partial charge in [-0.1, -0.05) is 42.5 Å². The van der Waals surface area contributed by atoms with Crippen molar-refractivity contribution in [2.45, 2.75) is 25.5 Å². The summed E-state index contributed by atoms with van der Waals surface area (Å²) in [6, 6.07) is 16.0. The van der Waals surface area contributed by atoms with Crippen LogP contribution in [0.5, 0.6) is 0 Å². The number of aliphatic hydroxyl groups excluding tert-OH is 1. The molecule has 1 heterocycles. The van der Waals surface area contributed by atoms with Gasteiger partial charge in [-0.25, -0.2) is 4.98 Å². The zero-order valence-corrected chi connectivity index (χ0v) is 18.3. The molecule has 0 fully saturated rings. The molecular formula is C23H24N2O3S2. The van der Waals surface area contributed by atoms with Gasteiger partial charge in [0, 0.05) is 16.5 Å². The lowest BCUT2D eigenvalue weighted by molar-refractivity contribution is -0.120. The molecule has 7 heteroatoms. The molecule has 5 nitrogen and oxygen atoms in total. The molecule has 0 bridgehead atoms. The number of carbonyl (C=O) groups is 2. The first-order chi connectivity index (χ1) is 14.6. The van der Waals surface area contributed by atoms with E-state index < -0.39 is 6.04 Å². The van der Waals surface area contributed by atoms with E-state index in [1.54, 1.807) is 36.0 Å². The van der Waals surface area contributed by atoms with E-state index in [2.05, 4.69) is 10.3 Å². The van der Waals surface area contributed by atoms with Crippen LogP contribution in [0, 0.1) is 0 Å². The molecule has 0 saturated heterocycles. The smallest absolute Gasteiger partial charge is 0.251 e. The highest BCUT2D eigenvalue weighted by Crippen LogP contribution is 2.22. The number of benzene rings is 2. The predicted octanol–water partition coefficient (Wildman–Crippen LogP) is 3.97. The summed E-state index contributed by atoms with van der Waals surface area (Å²) in [4.78, 5) is 30.2. The Morgan fingerprint density at radius 3 is 2.53 bits per heavy atom. The van der Waals surface area contributed by atoms with Gasteiger partial charge < -0.3 is 10.4 Å². The van der Waals surface area contributed by atoms with E-state index in [9.17, 15) is 9.59 Å². The van der Waals surface area contributed by atoms with Crippen molar-refractivity contribution in [3.05, 3.63) is 76.1 Å². The van der Waals surface area contributed by atoms with Crippen molar-refractivity contribution >= 4 is 34.8 Å². The van der Waals surface area contributed by atoms with Crippen LogP contribution in [0.2, 0.25) is 0 Å². The quantitative estimate of drug-likeness (QED) is 0.499. The van der Waals surface area contributed by atoms with Crippen molar-refractivity contribution in [2.24, 2.45) is 0 Å². The first-order valence-electron chi connectivity index (χ1n) is 9.63. The first kappa shape index (κ1) is 22.2. The van der Waals surface area contributed by atoms with Crippen LogP contribution in [-0.4, -0.2) is 39.8 Å². The second-order valence-electron chi connectivity index (χ2n) is 6.80. The zero-order chi connectivity index (χ0) is 21.3. The number of aromatic nitrogens is 1. The van der Waals surface area contributed by atoms with E-state index in [1.807, 2.05) is 42.0 Å². The fourth-order valence-corrected chi connectivity index (χ4v) is 4.24. The van der Waals surface area contributed by atoms with Crippen LogP contribution < -0.4 is 5.32 Å². The summed E-state index contributed by atoms with van der Waals surface area (Å²) < 4.78 is 0. The Morgan fingerprint density at radius 2 is 1.87 bits per heavy atom. The number of amides is 1. The summed E-state index contributed by atoms with van der Waals surface area (Å²) in [7, 11) is 0. The molecule has 2 aromatic carbocycles. The van der Waals surface area contributed by atoms with Gasteiger partial charge in [0.2, 0.25) is 0 Å². The number of hydrogen-bond acceptors (Lipinski definition) is 6. The number of rotatable bonds is 10. The summed E-state index contributed by atoms with van der Waals surface area (Å²) in [5, 5.41) is 14.7. The fourth-order valence-electron chi connectivity index (χ4n) is 2.96. The van der Waals surface area contributed by atoms with Gasteiger partial charge in [0.25, 0.3) is 5.91 Å². The van der Waals surface area contributed by atoms with E-state index in [0.717, 1.165) is 27.6 Å². The number of hydrogen-bond donors (Lipinski definition) is 2. The Hall–Kier alpha value is -2.48. The van der Waals surface area contributed by atoms with Crippen LogP contribution in [0.4, 0.5) is 0 Å².